The van der Waals surface area contributed by atoms with Crippen LogP contribution in [0.25, 0.3) is 0 Å². The highest BCUT2D eigenvalue weighted by molar-refractivity contribution is 4.79. The predicted molar refractivity (Wildman–Crippen MR) is 45.5 cm³/mol. The van der Waals surface area contributed by atoms with Crippen LogP contribution in [0.5, 0.6) is 0 Å². The first-order valence-electron chi connectivity index (χ1n) is 4.04. The Labute approximate surface area is 64.2 Å². The zero-order chi connectivity index (χ0) is 8.20. The first-order valence-corrected chi connectivity index (χ1v) is 4.04. The van der Waals surface area contributed by atoms with Crippen molar-refractivity contribution in [2.75, 3.05) is 0 Å². The zero-order valence-electron chi connectivity index (χ0n) is 7.57. The van der Waals surface area contributed by atoms with E-state index in [-0.39, 0.29) is 0 Å². The molecule has 0 aliphatic heterocycles. The Morgan fingerprint density at radius 2 is 1.90 bits per heavy atom. The maximum atomic E-state index is 5.39. The van der Waals surface area contributed by atoms with Crippen molar-refractivity contribution >= 4 is 0 Å². The van der Waals surface area contributed by atoms with Crippen LogP contribution in [0.4, 0.5) is 0 Å². The molecule has 1 atom stereocenters. The quantitative estimate of drug-likeness (QED) is 0.465. The van der Waals surface area contributed by atoms with Crippen LogP contribution in [0.1, 0.15) is 40.5 Å². The molecular formula is C8H20N2. The van der Waals surface area contributed by atoms with E-state index < -0.39 is 0 Å². The molecule has 0 heterocycles. The van der Waals surface area contributed by atoms with Gasteiger partial charge in [-0.1, -0.05) is 27.7 Å². The van der Waals surface area contributed by atoms with Crippen molar-refractivity contribution in [1.82, 2.24) is 5.43 Å². The van der Waals surface area contributed by atoms with Crippen molar-refractivity contribution < 1.29 is 0 Å². The summed E-state index contributed by atoms with van der Waals surface area (Å²) in [6, 6.07) is 0.442. The molecule has 2 heteroatoms. The van der Waals surface area contributed by atoms with Crippen LogP contribution in [0.15, 0.2) is 0 Å². The molecule has 0 bridgehead atoms. The Morgan fingerprint density at radius 1 is 1.40 bits per heavy atom. The largest absolute Gasteiger partial charge is 0.271 e. The molecule has 10 heavy (non-hydrogen) atoms. The third-order valence-corrected chi connectivity index (χ3v) is 2.46. The lowest BCUT2D eigenvalue weighted by Crippen LogP contribution is -2.44. The molecule has 3 N–H and O–H groups in total. The predicted octanol–water partition coefficient (Wildman–Crippen LogP) is 1.66. The molecule has 0 fully saturated rings. The van der Waals surface area contributed by atoms with Crippen LogP contribution in [0, 0.1) is 5.41 Å². The van der Waals surface area contributed by atoms with Gasteiger partial charge in [0, 0.05) is 6.04 Å². The third-order valence-electron chi connectivity index (χ3n) is 2.46. The van der Waals surface area contributed by atoms with E-state index in [9.17, 15) is 0 Å². The number of hydrazine groups is 1. The van der Waals surface area contributed by atoms with Gasteiger partial charge in [-0.25, -0.2) is 0 Å². The normalized spacial score (nSPS) is 15.3. The molecule has 0 aromatic carbocycles. The van der Waals surface area contributed by atoms with Gasteiger partial charge in [-0.15, -0.1) is 0 Å². The van der Waals surface area contributed by atoms with Gasteiger partial charge in [0.1, 0.15) is 0 Å². The molecule has 0 spiro atoms. The fraction of sp³-hybridized carbons (Fsp3) is 1.00. The van der Waals surface area contributed by atoms with Crippen LogP contribution < -0.4 is 11.3 Å². The van der Waals surface area contributed by atoms with Crippen LogP contribution in [-0.4, -0.2) is 6.04 Å². The lowest BCUT2D eigenvalue weighted by molar-refractivity contribution is 0.227. The topological polar surface area (TPSA) is 38.0 Å². The lowest BCUT2D eigenvalue weighted by Gasteiger charge is -2.31. The summed E-state index contributed by atoms with van der Waals surface area (Å²) in [5.41, 5.74) is 3.17. The first kappa shape index (κ1) is 9.92. The molecule has 62 valence electrons. The van der Waals surface area contributed by atoms with Crippen LogP contribution in [-0.2, 0) is 0 Å². The summed E-state index contributed by atoms with van der Waals surface area (Å²) in [7, 11) is 0. The molecule has 0 aromatic rings. The molecule has 0 aliphatic rings. The van der Waals surface area contributed by atoms with E-state index in [1.165, 1.54) is 0 Å². The summed E-state index contributed by atoms with van der Waals surface area (Å²) in [5.74, 6) is 5.39. The van der Waals surface area contributed by atoms with Gasteiger partial charge >= 0.3 is 0 Å². The van der Waals surface area contributed by atoms with Gasteiger partial charge in [-0.2, -0.15) is 0 Å². The number of rotatable bonds is 4. The van der Waals surface area contributed by atoms with Crippen LogP contribution in [0.3, 0.4) is 0 Å². The Morgan fingerprint density at radius 3 is 2.00 bits per heavy atom. The summed E-state index contributed by atoms with van der Waals surface area (Å²) in [4.78, 5) is 0. The minimum absolute atomic E-state index is 0.323. The fourth-order valence-corrected chi connectivity index (χ4v) is 1.14. The average Bonchev–Trinajstić information content (AvgIpc) is 1.90. The highest BCUT2D eigenvalue weighted by Crippen LogP contribution is 2.25. The maximum Gasteiger partial charge on any atom is 0.0258 e. The summed E-state index contributed by atoms with van der Waals surface area (Å²) in [6.07, 6.45) is 2.26. The summed E-state index contributed by atoms with van der Waals surface area (Å²) in [6.45, 7) is 8.82. The summed E-state index contributed by atoms with van der Waals surface area (Å²) < 4.78 is 0. The summed E-state index contributed by atoms with van der Waals surface area (Å²) in [5, 5.41) is 0. The molecule has 0 aliphatic carbocycles. The van der Waals surface area contributed by atoms with Gasteiger partial charge in [0.25, 0.3) is 0 Å². The van der Waals surface area contributed by atoms with Crippen molar-refractivity contribution in [3.8, 4) is 0 Å². The standard InChI is InChI=1S/C8H20N2/c1-5-7(10-9)8(3,4)6-2/h7,10H,5-6,9H2,1-4H3. The smallest absolute Gasteiger partial charge is 0.0258 e. The Balaban J connectivity index is 3.97. The average molecular weight is 144 g/mol. The minimum Gasteiger partial charge on any atom is -0.271 e. The number of nitrogens with two attached hydrogens (primary N) is 1. The van der Waals surface area contributed by atoms with Gasteiger partial charge < -0.3 is 0 Å². The molecule has 0 saturated heterocycles. The van der Waals surface area contributed by atoms with Crippen molar-refractivity contribution in [2.24, 2.45) is 11.3 Å². The van der Waals surface area contributed by atoms with Crippen LogP contribution in [0.2, 0.25) is 0 Å². The van der Waals surface area contributed by atoms with E-state index in [4.69, 9.17) is 5.84 Å². The van der Waals surface area contributed by atoms with Gasteiger partial charge in [0.2, 0.25) is 0 Å². The van der Waals surface area contributed by atoms with Gasteiger partial charge in [0.15, 0.2) is 0 Å². The molecule has 2 nitrogen and oxygen atoms in total. The third kappa shape index (κ3) is 2.27. The second-order valence-corrected chi connectivity index (χ2v) is 3.47. The Kier molecular flexibility index (Phi) is 3.91. The van der Waals surface area contributed by atoms with E-state index in [1.807, 2.05) is 0 Å². The monoisotopic (exact) mass is 144 g/mol. The van der Waals surface area contributed by atoms with Crippen LogP contribution >= 0.6 is 0 Å². The van der Waals surface area contributed by atoms with Crippen molar-refractivity contribution in [3.05, 3.63) is 0 Å². The molecule has 0 aromatic heterocycles. The highest BCUT2D eigenvalue weighted by atomic mass is 15.2. The fourth-order valence-electron chi connectivity index (χ4n) is 1.14. The molecule has 0 saturated carbocycles. The van der Waals surface area contributed by atoms with Gasteiger partial charge in [-0.05, 0) is 18.3 Å². The Bertz CT molecular complexity index is 85.3. The first-order chi connectivity index (χ1) is 4.58. The van der Waals surface area contributed by atoms with E-state index in [2.05, 4.69) is 33.1 Å². The molecule has 0 amide bonds. The van der Waals surface area contributed by atoms with E-state index in [1.54, 1.807) is 0 Å². The van der Waals surface area contributed by atoms with Gasteiger partial charge in [0.05, 0.1) is 0 Å². The van der Waals surface area contributed by atoms with E-state index in [0.717, 1.165) is 12.8 Å². The van der Waals surface area contributed by atoms with E-state index in [0.29, 0.717) is 11.5 Å². The van der Waals surface area contributed by atoms with Crippen molar-refractivity contribution in [1.29, 1.82) is 0 Å². The second kappa shape index (κ2) is 3.94. The van der Waals surface area contributed by atoms with Gasteiger partial charge in [-0.3, -0.25) is 11.3 Å². The second-order valence-electron chi connectivity index (χ2n) is 3.47. The number of nitrogens with one attached hydrogen (secondary N) is 1. The highest BCUT2D eigenvalue weighted by Gasteiger charge is 2.24. The summed E-state index contributed by atoms with van der Waals surface area (Å²) >= 11 is 0. The Hall–Kier alpha value is -0.0800. The molecule has 0 rings (SSSR count). The molecule has 0 radical (unpaired) electrons. The lowest BCUT2D eigenvalue weighted by atomic mass is 9.81. The number of hydrogen-bond donors (Lipinski definition) is 2. The van der Waals surface area contributed by atoms with E-state index >= 15 is 0 Å². The van der Waals surface area contributed by atoms with Crippen molar-refractivity contribution in [3.63, 3.8) is 0 Å². The van der Waals surface area contributed by atoms with Crippen molar-refractivity contribution in [2.45, 2.75) is 46.6 Å². The zero-order valence-corrected chi connectivity index (χ0v) is 7.57. The SMILES string of the molecule is CCC(NN)C(C)(C)CC. The molecular weight excluding hydrogens is 124 g/mol. The molecule has 1 unspecified atom stereocenters. The maximum absolute atomic E-state index is 5.39. The number of hydrogen-bond acceptors (Lipinski definition) is 2. The minimum atomic E-state index is 0.323.